The van der Waals surface area contributed by atoms with Crippen LogP contribution in [0.15, 0.2) is 51.8 Å². The first-order valence-corrected chi connectivity index (χ1v) is 11.1. The quantitative estimate of drug-likeness (QED) is 0.319. The normalized spacial score (nSPS) is 14.5. The minimum Gasteiger partial charge on any atom is -0.492 e. The summed E-state index contributed by atoms with van der Waals surface area (Å²) in [5.74, 6) is 0.839. The van der Waals surface area contributed by atoms with Gasteiger partial charge in [0.15, 0.2) is 0 Å². The van der Waals surface area contributed by atoms with E-state index in [9.17, 15) is 9.59 Å². The summed E-state index contributed by atoms with van der Waals surface area (Å²) < 4.78 is 13.1. The van der Waals surface area contributed by atoms with Crippen LogP contribution < -0.4 is 20.1 Å². The van der Waals surface area contributed by atoms with Crippen LogP contribution in [0, 0.1) is 0 Å². The van der Waals surface area contributed by atoms with Crippen molar-refractivity contribution in [2.24, 2.45) is 0 Å². The average Bonchev–Trinajstić information content (AvgIpc) is 3.02. The van der Waals surface area contributed by atoms with Crippen molar-refractivity contribution >= 4 is 62.1 Å². The zero-order valence-corrected chi connectivity index (χ0v) is 19.3. The van der Waals surface area contributed by atoms with E-state index < -0.39 is 0 Å². The van der Waals surface area contributed by atoms with Crippen molar-refractivity contribution in [3.63, 3.8) is 0 Å². The summed E-state index contributed by atoms with van der Waals surface area (Å²) in [5.41, 5.74) is 1.72. The zero-order valence-electron chi connectivity index (χ0n) is 16.1. The second kappa shape index (κ2) is 10.6. The highest BCUT2D eigenvalue weighted by molar-refractivity contribution is 9.10. The minimum absolute atomic E-state index is 0.108. The van der Waals surface area contributed by atoms with Crippen LogP contribution in [0.25, 0.3) is 6.08 Å². The van der Waals surface area contributed by atoms with E-state index in [0.717, 1.165) is 15.6 Å². The van der Waals surface area contributed by atoms with Gasteiger partial charge in [0.05, 0.1) is 11.4 Å². The standard InChI is InChI=1S/C21H19BrN2O4S2/c1-13(25)23-8-9-27-16-7-6-14(10-19-20(26)24-21(29)30-19)18(11-16)28-12-15-4-2-3-5-17(15)22/h2-7,10-11H,8-9,12H2,1H3,(H,23,25)(H,24,26,29). The molecule has 6 nitrogen and oxygen atoms in total. The number of nitrogens with one attached hydrogen (secondary N) is 2. The minimum atomic E-state index is -0.225. The second-order valence-electron chi connectivity index (χ2n) is 6.26. The van der Waals surface area contributed by atoms with E-state index in [1.54, 1.807) is 18.2 Å². The van der Waals surface area contributed by atoms with E-state index in [2.05, 4.69) is 26.6 Å². The van der Waals surface area contributed by atoms with Gasteiger partial charge in [0.1, 0.15) is 29.0 Å². The number of halogens is 1. The number of hydrogen-bond acceptors (Lipinski definition) is 6. The lowest BCUT2D eigenvalue weighted by Crippen LogP contribution is -2.25. The fraction of sp³-hybridized carbons (Fsp3) is 0.190. The van der Waals surface area contributed by atoms with Gasteiger partial charge in [-0.2, -0.15) is 0 Å². The highest BCUT2D eigenvalue weighted by Gasteiger charge is 2.22. The molecule has 3 rings (SSSR count). The maximum absolute atomic E-state index is 12.0. The molecule has 0 unspecified atom stereocenters. The van der Waals surface area contributed by atoms with Crippen LogP contribution in [0.5, 0.6) is 11.5 Å². The Balaban J connectivity index is 1.80. The highest BCUT2D eigenvalue weighted by atomic mass is 79.9. The Hall–Kier alpha value is -2.36. The van der Waals surface area contributed by atoms with E-state index >= 15 is 0 Å². The molecular weight excluding hydrogens is 488 g/mol. The van der Waals surface area contributed by atoms with E-state index in [4.69, 9.17) is 21.7 Å². The highest BCUT2D eigenvalue weighted by Crippen LogP contribution is 2.32. The maximum Gasteiger partial charge on any atom is 0.263 e. The molecule has 1 saturated heterocycles. The average molecular weight is 507 g/mol. The first-order chi connectivity index (χ1) is 14.4. The number of carbonyl (C=O) groups excluding carboxylic acids is 2. The summed E-state index contributed by atoms with van der Waals surface area (Å²) in [5, 5.41) is 5.29. The molecule has 0 spiro atoms. The van der Waals surface area contributed by atoms with Crippen LogP contribution in [0.4, 0.5) is 0 Å². The molecule has 0 radical (unpaired) electrons. The van der Waals surface area contributed by atoms with Crippen molar-refractivity contribution < 1.29 is 19.1 Å². The summed E-state index contributed by atoms with van der Waals surface area (Å²) in [6, 6.07) is 13.2. The molecule has 1 fully saturated rings. The van der Waals surface area contributed by atoms with Gasteiger partial charge < -0.3 is 20.1 Å². The third kappa shape index (κ3) is 6.32. The lowest BCUT2D eigenvalue weighted by molar-refractivity contribution is -0.119. The molecule has 1 aliphatic rings. The molecule has 0 aromatic heterocycles. The van der Waals surface area contributed by atoms with E-state index in [1.165, 1.54) is 18.7 Å². The van der Waals surface area contributed by atoms with Crippen LogP contribution in [-0.2, 0) is 16.2 Å². The van der Waals surface area contributed by atoms with Crippen LogP contribution in [0.1, 0.15) is 18.1 Å². The number of thioether (sulfide) groups is 1. The summed E-state index contributed by atoms with van der Waals surface area (Å²) in [6.07, 6.45) is 1.75. The van der Waals surface area contributed by atoms with Crippen LogP contribution in [0.3, 0.4) is 0 Å². The number of rotatable bonds is 8. The van der Waals surface area contributed by atoms with Gasteiger partial charge in [-0.1, -0.05) is 58.1 Å². The number of carbonyl (C=O) groups is 2. The SMILES string of the molecule is CC(=O)NCCOc1ccc(C=C2SC(=S)NC2=O)c(OCc2ccccc2Br)c1. The number of hydrogen-bond donors (Lipinski definition) is 2. The second-order valence-corrected chi connectivity index (χ2v) is 8.84. The van der Waals surface area contributed by atoms with Crippen molar-refractivity contribution in [2.45, 2.75) is 13.5 Å². The molecule has 0 bridgehead atoms. The molecule has 2 N–H and O–H groups in total. The topological polar surface area (TPSA) is 76.7 Å². The van der Waals surface area contributed by atoms with Crippen molar-refractivity contribution in [1.29, 1.82) is 0 Å². The molecule has 2 aromatic carbocycles. The zero-order chi connectivity index (χ0) is 21.5. The Labute approximate surface area is 192 Å². The fourth-order valence-electron chi connectivity index (χ4n) is 2.58. The Morgan fingerprint density at radius 2 is 2.07 bits per heavy atom. The first-order valence-electron chi connectivity index (χ1n) is 9.05. The number of amides is 2. The molecule has 9 heteroatoms. The Bertz CT molecular complexity index is 1010. The Morgan fingerprint density at radius 3 is 2.77 bits per heavy atom. The van der Waals surface area contributed by atoms with Gasteiger partial charge in [0.2, 0.25) is 5.91 Å². The maximum atomic E-state index is 12.0. The monoisotopic (exact) mass is 506 g/mol. The van der Waals surface area contributed by atoms with Crippen LogP contribution in [0.2, 0.25) is 0 Å². The molecule has 1 heterocycles. The Morgan fingerprint density at radius 1 is 1.27 bits per heavy atom. The van der Waals surface area contributed by atoms with E-state index in [1.807, 2.05) is 30.3 Å². The molecule has 0 atom stereocenters. The summed E-state index contributed by atoms with van der Waals surface area (Å²) >= 11 is 9.79. The van der Waals surface area contributed by atoms with Crippen molar-refractivity contribution in [2.75, 3.05) is 13.2 Å². The third-order valence-corrected chi connectivity index (χ3v) is 5.94. The summed E-state index contributed by atoms with van der Waals surface area (Å²) in [4.78, 5) is 23.5. The number of benzene rings is 2. The third-order valence-electron chi connectivity index (χ3n) is 4.00. The smallest absolute Gasteiger partial charge is 0.263 e. The molecule has 1 aliphatic heterocycles. The Kier molecular flexibility index (Phi) is 7.89. The summed E-state index contributed by atoms with van der Waals surface area (Å²) in [6.45, 7) is 2.53. The van der Waals surface area contributed by atoms with Gasteiger partial charge in [-0.05, 0) is 24.3 Å². The van der Waals surface area contributed by atoms with Crippen molar-refractivity contribution in [3.8, 4) is 11.5 Å². The summed E-state index contributed by atoms with van der Waals surface area (Å²) in [7, 11) is 0. The van der Waals surface area contributed by atoms with Gasteiger partial charge >= 0.3 is 0 Å². The van der Waals surface area contributed by atoms with Gasteiger partial charge in [-0.3, -0.25) is 9.59 Å². The van der Waals surface area contributed by atoms with Crippen LogP contribution in [-0.4, -0.2) is 29.3 Å². The van der Waals surface area contributed by atoms with Gasteiger partial charge in [-0.15, -0.1) is 0 Å². The van der Waals surface area contributed by atoms with Crippen molar-refractivity contribution in [1.82, 2.24) is 10.6 Å². The first kappa shape index (κ1) is 22.3. The molecule has 2 aromatic rings. The van der Waals surface area contributed by atoms with Crippen LogP contribution >= 0.6 is 39.9 Å². The van der Waals surface area contributed by atoms with Gasteiger partial charge in [0.25, 0.3) is 5.91 Å². The number of thiocarbonyl (C=S) groups is 1. The lowest BCUT2D eigenvalue weighted by atomic mass is 10.1. The predicted octanol–water partition coefficient (Wildman–Crippen LogP) is 4.03. The molecule has 2 amide bonds. The van der Waals surface area contributed by atoms with Gasteiger partial charge in [0, 0.05) is 28.6 Å². The van der Waals surface area contributed by atoms with Gasteiger partial charge in [-0.25, -0.2) is 0 Å². The molecule has 30 heavy (non-hydrogen) atoms. The molecule has 0 saturated carbocycles. The molecule has 0 aliphatic carbocycles. The predicted molar refractivity (Wildman–Crippen MR) is 125 cm³/mol. The number of ether oxygens (including phenoxy) is 2. The van der Waals surface area contributed by atoms with E-state index in [-0.39, 0.29) is 11.8 Å². The molecule has 156 valence electrons. The lowest BCUT2D eigenvalue weighted by Gasteiger charge is -2.13. The fourth-order valence-corrected chi connectivity index (χ4v) is 4.01. The molecular formula is C21H19BrN2O4S2. The van der Waals surface area contributed by atoms with E-state index in [0.29, 0.717) is 40.5 Å². The van der Waals surface area contributed by atoms with Crippen molar-refractivity contribution in [3.05, 3.63) is 63.0 Å². The largest absolute Gasteiger partial charge is 0.492 e.